The lowest BCUT2D eigenvalue weighted by molar-refractivity contribution is 0.347. The summed E-state index contributed by atoms with van der Waals surface area (Å²) in [6, 6.07) is 2.07. The Labute approximate surface area is 109 Å². The maximum atomic E-state index is 4.54. The number of nitrogens with one attached hydrogen (secondary N) is 1. The van der Waals surface area contributed by atoms with Crippen LogP contribution in [0.3, 0.4) is 0 Å². The van der Waals surface area contributed by atoms with Gasteiger partial charge in [-0.2, -0.15) is 0 Å². The van der Waals surface area contributed by atoms with Gasteiger partial charge in [0, 0.05) is 37.1 Å². The molecule has 2 unspecified atom stereocenters. The van der Waals surface area contributed by atoms with E-state index < -0.39 is 0 Å². The minimum Gasteiger partial charge on any atom is -0.352 e. The van der Waals surface area contributed by atoms with Crippen molar-refractivity contribution < 1.29 is 0 Å². The number of piperidine rings is 1. The molecule has 1 aromatic rings. The molecule has 0 amide bonds. The Hall–Kier alpha value is -1.16. The molecule has 3 heterocycles. The van der Waals surface area contributed by atoms with Crippen molar-refractivity contribution in [1.82, 2.24) is 15.3 Å². The minimum atomic E-state index is 0.629. The van der Waals surface area contributed by atoms with E-state index in [0.717, 1.165) is 30.1 Å². The molecule has 1 N–H and O–H groups in total. The first kappa shape index (κ1) is 11.9. The van der Waals surface area contributed by atoms with Crippen LogP contribution in [-0.2, 0) is 0 Å². The Morgan fingerprint density at radius 1 is 1.22 bits per heavy atom. The Bertz CT molecular complexity index is 408. The zero-order chi connectivity index (χ0) is 12.5. The highest BCUT2D eigenvalue weighted by atomic mass is 15.2. The number of fused-ring (bicyclic) bond motifs is 2. The highest BCUT2D eigenvalue weighted by Crippen LogP contribution is 2.31. The molecule has 4 heteroatoms. The van der Waals surface area contributed by atoms with Crippen LogP contribution < -0.4 is 10.2 Å². The van der Waals surface area contributed by atoms with E-state index in [1.807, 2.05) is 0 Å². The van der Waals surface area contributed by atoms with Gasteiger partial charge in [-0.15, -0.1) is 0 Å². The second-order valence-corrected chi connectivity index (χ2v) is 5.51. The predicted octanol–water partition coefficient (Wildman–Crippen LogP) is 1.89. The smallest absolute Gasteiger partial charge is 0.150 e. The molecule has 2 atom stereocenters. The molecule has 4 nitrogen and oxygen atoms in total. The van der Waals surface area contributed by atoms with Crippen molar-refractivity contribution in [2.45, 2.75) is 57.7 Å². The standard InChI is InChI=1S/C14H22N4/c1-3-18(14-10(2)15-6-7-16-14)13-8-11-4-5-12(9-13)17-11/h6-7,11-13,17H,3-5,8-9H2,1-2H3. The first-order valence-corrected chi connectivity index (χ1v) is 7.08. The number of hydrogen-bond acceptors (Lipinski definition) is 4. The third-order valence-electron chi connectivity index (χ3n) is 4.36. The molecule has 2 fully saturated rings. The summed E-state index contributed by atoms with van der Waals surface area (Å²) in [5.41, 5.74) is 1.05. The Kier molecular flexibility index (Phi) is 3.20. The Balaban J connectivity index is 1.82. The molecule has 0 radical (unpaired) electrons. The van der Waals surface area contributed by atoms with Gasteiger partial charge in [0.25, 0.3) is 0 Å². The number of hydrogen-bond donors (Lipinski definition) is 1. The van der Waals surface area contributed by atoms with E-state index in [4.69, 9.17) is 0 Å². The molecule has 2 aliphatic heterocycles. The Morgan fingerprint density at radius 2 is 1.89 bits per heavy atom. The van der Waals surface area contributed by atoms with Gasteiger partial charge >= 0.3 is 0 Å². The molecule has 98 valence electrons. The molecule has 2 saturated heterocycles. The monoisotopic (exact) mass is 246 g/mol. The second-order valence-electron chi connectivity index (χ2n) is 5.51. The summed E-state index contributed by atoms with van der Waals surface area (Å²) < 4.78 is 0. The van der Waals surface area contributed by atoms with E-state index in [-0.39, 0.29) is 0 Å². The van der Waals surface area contributed by atoms with Crippen LogP contribution in [0.15, 0.2) is 12.4 Å². The topological polar surface area (TPSA) is 41.1 Å². The van der Waals surface area contributed by atoms with Crippen molar-refractivity contribution in [3.05, 3.63) is 18.1 Å². The summed E-state index contributed by atoms with van der Waals surface area (Å²) >= 11 is 0. The molecule has 18 heavy (non-hydrogen) atoms. The maximum Gasteiger partial charge on any atom is 0.150 e. The fourth-order valence-corrected chi connectivity index (χ4v) is 3.54. The zero-order valence-corrected chi connectivity index (χ0v) is 11.3. The van der Waals surface area contributed by atoms with Crippen LogP contribution in [0.1, 0.15) is 38.3 Å². The van der Waals surface area contributed by atoms with Crippen LogP contribution in [0, 0.1) is 6.92 Å². The summed E-state index contributed by atoms with van der Waals surface area (Å²) in [5.74, 6) is 1.08. The van der Waals surface area contributed by atoms with E-state index in [1.54, 1.807) is 12.4 Å². The minimum absolute atomic E-state index is 0.629. The van der Waals surface area contributed by atoms with Crippen molar-refractivity contribution in [1.29, 1.82) is 0 Å². The maximum absolute atomic E-state index is 4.54. The first-order chi connectivity index (χ1) is 8.78. The van der Waals surface area contributed by atoms with Gasteiger partial charge in [0.2, 0.25) is 0 Å². The van der Waals surface area contributed by atoms with E-state index in [2.05, 4.69) is 34.0 Å². The summed E-state index contributed by atoms with van der Waals surface area (Å²) in [4.78, 5) is 11.4. The molecule has 2 aliphatic rings. The average molecular weight is 246 g/mol. The molecule has 0 aliphatic carbocycles. The van der Waals surface area contributed by atoms with Gasteiger partial charge in [-0.05, 0) is 39.5 Å². The first-order valence-electron chi connectivity index (χ1n) is 7.08. The SMILES string of the molecule is CCN(c1nccnc1C)C1CC2CCC(C1)N2. The number of nitrogens with zero attached hydrogens (tertiary/aromatic N) is 3. The molecular formula is C14H22N4. The van der Waals surface area contributed by atoms with Gasteiger partial charge in [-0.1, -0.05) is 0 Å². The van der Waals surface area contributed by atoms with Gasteiger partial charge in [0.05, 0.1) is 5.69 Å². The van der Waals surface area contributed by atoms with Gasteiger partial charge in [-0.3, -0.25) is 4.98 Å². The Morgan fingerprint density at radius 3 is 2.50 bits per heavy atom. The van der Waals surface area contributed by atoms with Crippen molar-refractivity contribution in [2.24, 2.45) is 0 Å². The summed E-state index contributed by atoms with van der Waals surface area (Å²) in [7, 11) is 0. The van der Waals surface area contributed by atoms with Gasteiger partial charge in [0.15, 0.2) is 0 Å². The van der Waals surface area contributed by atoms with Crippen LogP contribution in [0.4, 0.5) is 5.82 Å². The van der Waals surface area contributed by atoms with Gasteiger partial charge in [0.1, 0.15) is 5.82 Å². The van der Waals surface area contributed by atoms with Crippen LogP contribution in [0.25, 0.3) is 0 Å². The van der Waals surface area contributed by atoms with Crippen molar-refractivity contribution in [3.8, 4) is 0 Å². The average Bonchev–Trinajstić information content (AvgIpc) is 2.72. The summed E-state index contributed by atoms with van der Waals surface area (Å²) in [5, 5.41) is 3.70. The number of anilines is 1. The largest absolute Gasteiger partial charge is 0.352 e. The third kappa shape index (κ3) is 2.09. The van der Waals surface area contributed by atoms with E-state index in [9.17, 15) is 0 Å². The van der Waals surface area contributed by atoms with Gasteiger partial charge < -0.3 is 10.2 Å². The predicted molar refractivity (Wildman–Crippen MR) is 72.8 cm³/mol. The molecular weight excluding hydrogens is 224 g/mol. The third-order valence-corrected chi connectivity index (χ3v) is 4.36. The summed E-state index contributed by atoms with van der Waals surface area (Å²) in [6.07, 6.45) is 8.77. The molecule has 2 bridgehead atoms. The van der Waals surface area contributed by atoms with Crippen molar-refractivity contribution in [3.63, 3.8) is 0 Å². The normalized spacial score (nSPS) is 30.4. The lowest BCUT2D eigenvalue weighted by Gasteiger charge is -2.38. The van der Waals surface area contributed by atoms with Crippen LogP contribution >= 0.6 is 0 Å². The van der Waals surface area contributed by atoms with E-state index in [0.29, 0.717) is 6.04 Å². The molecule has 1 aromatic heterocycles. The quantitative estimate of drug-likeness (QED) is 0.884. The summed E-state index contributed by atoms with van der Waals surface area (Å²) in [6.45, 7) is 5.29. The van der Waals surface area contributed by atoms with Crippen LogP contribution in [0.2, 0.25) is 0 Å². The number of rotatable bonds is 3. The fourth-order valence-electron chi connectivity index (χ4n) is 3.54. The van der Waals surface area contributed by atoms with Crippen molar-refractivity contribution in [2.75, 3.05) is 11.4 Å². The second kappa shape index (κ2) is 4.84. The number of aromatic nitrogens is 2. The van der Waals surface area contributed by atoms with Crippen molar-refractivity contribution >= 4 is 5.82 Å². The van der Waals surface area contributed by atoms with Crippen LogP contribution in [0.5, 0.6) is 0 Å². The fraction of sp³-hybridized carbons (Fsp3) is 0.714. The van der Waals surface area contributed by atoms with E-state index in [1.165, 1.54) is 25.7 Å². The lowest BCUT2D eigenvalue weighted by atomic mass is 9.98. The van der Waals surface area contributed by atoms with Gasteiger partial charge in [-0.25, -0.2) is 4.98 Å². The molecule has 0 aromatic carbocycles. The molecule has 3 rings (SSSR count). The molecule has 0 spiro atoms. The molecule has 0 saturated carbocycles. The lowest BCUT2D eigenvalue weighted by Crippen LogP contribution is -2.48. The highest BCUT2D eigenvalue weighted by molar-refractivity contribution is 5.43. The highest BCUT2D eigenvalue weighted by Gasteiger charge is 2.36. The van der Waals surface area contributed by atoms with Crippen LogP contribution in [-0.4, -0.2) is 34.6 Å². The zero-order valence-electron chi connectivity index (χ0n) is 11.3. The number of aryl methyl sites for hydroxylation is 1. The van der Waals surface area contributed by atoms with E-state index >= 15 is 0 Å².